The Bertz CT molecular complexity index is 825. The summed E-state index contributed by atoms with van der Waals surface area (Å²) in [7, 11) is 0. The molecular weight excluding hydrogens is 317 g/mol. The molecule has 0 heterocycles. The minimum atomic E-state index is -0.807. The SMILES string of the molecule is Oc1ccc(C(c2ccc(F)cc2)c2ccc(O)c(F)c2)cc1F. The summed E-state index contributed by atoms with van der Waals surface area (Å²) in [5.41, 5.74) is 1.54. The number of hydrogen-bond donors (Lipinski definition) is 2. The highest BCUT2D eigenvalue weighted by atomic mass is 19.1. The lowest BCUT2D eigenvalue weighted by molar-refractivity contribution is 0.431. The van der Waals surface area contributed by atoms with E-state index in [1.807, 2.05) is 0 Å². The van der Waals surface area contributed by atoms with Gasteiger partial charge >= 0.3 is 0 Å². The van der Waals surface area contributed by atoms with Gasteiger partial charge in [0.05, 0.1) is 0 Å². The molecule has 0 amide bonds. The molecule has 0 spiro atoms. The third-order valence-electron chi connectivity index (χ3n) is 3.81. The number of hydrogen-bond acceptors (Lipinski definition) is 2. The van der Waals surface area contributed by atoms with Crippen molar-refractivity contribution in [3.63, 3.8) is 0 Å². The third-order valence-corrected chi connectivity index (χ3v) is 3.81. The molecule has 0 radical (unpaired) electrons. The first-order valence-electron chi connectivity index (χ1n) is 7.18. The fourth-order valence-electron chi connectivity index (χ4n) is 2.64. The van der Waals surface area contributed by atoms with E-state index >= 15 is 0 Å². The number of benzene rings is 3. The standard InChI is InChI=1S/C19H13F3O2/c20-14-5-1-11(2-6-14)19(12-3-7-17(23)15(21)9-12)13-4-8-18(24)16(22)10-13/h1-10,19,23-24H. The molecular formula is C19H13F3O2. The van der Waals surface area contributed by atoms with Crippen LogP contribution in [0.4, 0.5) is 13.2 Å². The van der Waals surface area contributed by atoms with E-state index in [-0.39, 0.29) is 0 Å². The predicted molar refractivity (Wildman–Crippen MR) is 83.5 cm³/mol. The van der Waals surface area contributed by atoms with E-state index in [9.17, 15) is 23.4 Å². The monoisotopic (exact) mass is 330 g/mol. The molecule has 122 valence electrons. The van der Waals surface area contributed by atoms with Crippen LogP contribution in [-0.2, 0) is 0 Å². The van der Waals surface area contributed by atoms with Crippen LogP contribution >= 0.6 is 0 Å². The van der Waals surface area contributed by atoms with Gasteiger partial charge in [0, 0.05) is 5.92 Å². The molecule has 2 N–H and O–H groups in total. The Kier molecular flexibility index (Phi) is 4.16. The van der Waals surface area contributed by atoms with Crippen molar-refractivity contribution in [2.75, 3.05) is 0 Å². The van der Waals surface area contributed by atoms with E-state index in [2.05, 4.69) is 0 Å². The van der Waals surface area contributed by atoms with Gasteiger partial charge in [0.15, 0.2) is 23.1 Å². The maximum absolute atomic E-state index is 13.8. The highest BCUT2D eigenvalue weighted by Gasteiger charge is 2.20. The maximum atomic E-state index is 13.8. The average Bonchev–Trinajstić information content (AvgIpc) is 2.56. The van der Waals surface area contributed by atoms with Gasteiger partial charge in [-0.1, -0.05) is 24.3 Å². The van der Waals surface area contributed by atoms with Gasteiger partial charge < -0.3 is 10.2 Å². The van der Waals surface area contributed by atoms with Gasteiger partial charge in [0.2, 0.25) is 0 Å². The Morgan fingerprint density at radius 2 is 1.00 bits per heavy atom. The molecule has 5 heteroatoms. The largest absolute Gasteiger partial charge is 0.505 e. The molecule has 0 saturated carbocycles. The first kappa shape index (κ1) is 15.9. The van der Waals surface area contributed by atoms with Crippen molar-refractivity contribution < 1.29 is 23.4 Å². The summed E-state index contributed by atoms with van der Waals surface area (Å²) in [6.45, 7) is 0. The smallest absolute Gasteiger partial charge is 0.165 e. The molecule has 0 aliphatic rings. The molecule has 24 heavy (non-hydrogen) atoms. The van der Waals surface area contributed by atoms with Crippen LogP contribution in [-0.4, -0.2) is 10.2 Å². The molecule has 0 saturated heterocycles. The molecule has 3 aromatic carbocycles. The van der Waals surface area contributed by atoms with Gasteiger partial charge in [-0.25, -0.2) is 13.2 Å². The zero-order valence-electron chi connectivity index (χ0n) is 12.4. The molecule has 0 aliphatic heterocycles. The second-order valence-electron chi connectivity index (χ2n) is 5.41. The molecule has 0 aromatic heterocycles. The van der Waals surface area contributed by atoms with Crippen LogP contribution in [0.2, 0.25) is 0 Å². The summed E-state index contributed by atoms with van der Waals surface area (Å²) in [6.07, 6.45) is 0. The molecule has 0 aliphatic carbocycles. The van der Waals surface area contributed by atoms with Gasteiger partial charge in [-0.3, -0.25) is 0 Å². The van der Waals surface area contributed by atoms with Crippen LogP contribution in [0.5, 0.6) is 11.5 Å². The van der Waals surface area contributed by atoms with E-state index in [0.717, 1.165) is 12.1 Å². The van der Waals surface area contributed by atoms with Crippen molar-refractivity contribution in [2.24, 2.45) is 0 Å². The Hall–Kier alpha value is -2.95. The lowest BCUT2D eigenvalue weighted by Crippen LogP contribution is -2.04. The zero-order chi connectivity index (χ0) is 17.3. The fourth-order valence-corrected chi connectivity index (χ4v) is 2.64. The van der Waals surface area contributed by atoms with Crippen LogP contribution in [0.1, 0.15) is 22.6 Å². The van der Waals surface area contributed by atoms with Gasteiger partial charge in [0.1, 0.15) is 5.82 Å². The zero-order valence-corrected chi connectivity index (χ0v) is 12.4. The van der Waals surface area contributed by atoms with Crippen LogP contribution in [0, 0.1) is 17.5 Å². The first-order valence-corrected chi connectivity index (χ1v) is 7.18. The van der Waals surface area contributed by atoms with Gasteiger partial charge in [-0.15, -0.1) is 0 Å². The summed E-state index contributed by atoms with van der Waals surface area (Å²) in [5.74, 6) is -3.61. The summed E-state index contributed by atoms with van der Waals surface area (Å²) in [4.78, 5) is 0. The minimum absolute atomic E-state index is 0.425. The molecule has 0 atom stereocenters. The summed E-state index contributed by atoms with van der Waals surface area (Å²) >= 11 is 0. The second kappa shape index (κ2) is 6.28. The number of halogens is 3. The number of phenols is 2. The Balaban J connectivity index is 2.17. The molecule has 0 fully saturated rings. The first-order chi connectivity index (χ1) is 11.5. The quantitative estimate of drug-likeness (QED) is 0.684. The average molecular weight is 330 g/mol. The molecule has 0 unspecified atom stereocenters. The lowest BCUT2D eigenvalue weighted by Gasteiger charge is -2.19. The third kappa shape index (κ3) is 3.06. The van der Waals surface area contributed by atoms with Crippen molar-refractivity contribution in [2.45, 2.75) is 5.92 Å². The highest BCUT2D eigenvalue weighted by Crippen LogP contribution is 2.35. The van der Waals surface area contributed by atoms with Crippen LogP contribution < -0.4 is 0 Å². The number of aromatic hydroxyl groups is 2. The van der Waals surface area contributed by atoms with E-state index < -0.39 is 34.9 Å². The van der Waals surface area contributed by atoms with E-state index in [4.69, 9.17) is 0 Å². The van der Waals surface area contributed by atoms with Crippen LogP contribution in [0.3, 0.4) is 0 Å². The Morgan fingerprint density at radius 1 is 0.583 bits per heavy atom. The summed E-state index contributed by atoms with van der Waals surface area (Å²) in [5, 5.41) is 18.7. The van der Waals surface area contributed by atoms with Crippen LogP contribution in [0.15, 0.2) is 60.7 Å². The Morgan fingerprint density at radius 3 is 1.42 bits per heavy atom. The molecule has 0 bridgehead atoms. The van der Waals surface area contributed by atoms with Gasteiger partial charge in [0.25, 0.3) is 0 Å². The predicted octanol–water partition coefficient (Wildman–Crippen LogP) is 4.70. The molecule has 3 rings (SSSR count). The maximum Gasteiger partial charge on any atom is 0.165 e. The van der Waals surface area contributed by atoms with E-state index in [0.29, 0.717) is 16.7 Å². The molecule has 2 nitrogen and oxygen atoms in total. The van der Waals surface area contributed by atoms with E-state index in [1.165, 1.54) is 48.5 Å². The molecule has 3 aromatic rings. The summed E-state index contributed by atoms with van der Waals surface area (Å²) in [6, 6.07) is 13.3. The second-order valence-corrected chi connectivity index (χ2v) is 5.41. The normalized spacial score (nSPS) is 11.0. The van der Waals surface area contributed by atoms with Gasteiger partial charge in [-0.2, -0.15) is 0 Å². The van der Waals surface area contributed by atoms with Crippen molar-refractivity contribution in [3.05, 3.63) is 94.8 Å². The van der Waals surface area contributed by atoms with Crippen LogP contribution in [0.25, 0.3) is 0 Å². The Labute approximate surface area is 136 Å². The topological polar surface area (TPSA) is 40.5 Å². The lowest BCUT2D eigenvalue weighted by atomic mass is 9.85. The van der Waals surface area contributed by atoms with Crippen molar-refractivity contribution in [1.82, 2.24) is 0 Å². The highest BCUT2D eigenvalue weighted by molar-refractivity contribution is 5.46. The minimum Gasteiger partial charge on any atom is -0.505 e. The van der Waals surface area contributed by atoms with Crippen molar-refractivity contribution in [3.8, 4) is 11.5 Å². The number of rotatable bonds is 3. The van der Waals surface area contributed by atoms with Crippen molar-refractivity contribution >= 4 is 0 Å². The number of phenolic OH excluding ortho intramolecular Hbond substituents is 2. The van der Waals surface area contributed by atoms with E-state index in [1.54, 1.807) is 0 Å². The summed E-state index contributed by atoms with van der Waals surface area (Å²) < 4.78 is 40.7. The fraction of sp³-hybridized carbons (Fsp3) is 0.0526. The van der Waals surface area contributed by atoms with Gasteiger partial charge in [-0.05, 0) is 53.1 Å². The van der Waals surface area contributed by atoms with Crippen molar-refractivity contribution in [1.29, 1.82) is 0 Å².